The van der Waals surface area contributed by atoms with Crippen molar-refractivity contribution in [1.82, 2.24) is 16.0 Å². The SMILES string of the molecule is CC(=O)N[C@H]1[C@H](O[C@H]2[C@@H](O)[C@@H](CO[C@]3(C(=O)O)C[C@H](O[C@@H]4O[C@@H](C)[C@@H](O)[C@@H](O[C@@H]5O[C@@H](C)[C@@H](O)[C@@H](O)[C@@H]5O)[C@@H]4O)[C@@H](O)[C@H]([C@H](O)[C@H](O)CO)O3)OC(O)[C@@H]2NC(C)=O)O[C@H](CO)[C@@H](O[C@@H]2O[C@H](CO)[C@H](O)[C@H](O[C@@H]3O[C@H](CO)[C@H](O)[C@H](O)[C@H]3NC(C)=O)[C@H]2O[C@@H]2O[C@@H](C)[C@@H](O)[C@@H](O)[C@@H]2O)[C@@H]1O. The molecule has 8 aliphatic heterocycles. The van der Waals surface area contributed by atoms with E-state index in [1.165, 1.54) is 20.8 Å². The second kappa shape index (κ2) is 35.0. The highest BCUT2D eigenvalue weighted by atomic mass is 16.8. The second-order valence-electron chi connectivity index (χ2n) is 26.0. The van der Waals surface area contributed by atoms with E-state index >= 15 is 0 Å². The summed E-state index contributed by atoms with van der Waals surface area (Å²) in [7, 11) is 0. The average molecular weight is 1480 g/mol. The van der Waals surface area contributed by atoms with E-state index in [0.29, 0.717) is 0 Å². The number of hydrogen-bond donors (Lipinski definition) is 25. The fourth-order valence-electron chi connectivity index (χ4n) is 13.0. The number of nitrogens with one attached hydrogen (secondary N) is 3. The van der Waals surface area contributed by atoms with Crippen molar-refractivity contribution in [3.8, 4) is 0 Å². The number of ether oxygens (including phenoxy) is 15. The molecule has 584 valence electrons. The Morgan fingerprint density at radius 2 is 0.851 bits per heavy atom. The molecule has 8 heterocycles. The number of amides is 3. The van der Waals surface area contributed by atoms with Crippen LogP contribution in [0.2, 0.25) is 0 Å². The molecule has 0 spiro atoms. The molecular formula is C57H95N3O41. The molecule has 101 heavy (non-hydrogen) atoms. The first-order valence-electron chi connectivity index (χ1n) is 32.3. The molecule has 41 atom stereocenters. The van der Waals surface area contributed by atoms with Crippen molar-refractivity contribution in [3.05, 3.63) is 0 Å². The first-order chi connectivity index (χ1) is 47.4. The average Bonchev–Trinajstić information content (AvgIpc) is 0.762. The second-order valence-corrected chi connectivity index (χ2v) is 26.0. The number of aliphatic hydroxyl groups excluding tert-OH is 21. The first kappa shape index (κ1) is 83.1. The van der Waals surface area contributed by atoms with Crippen molar-refractivity contribution in [2.24, 2.45) is 0 Å². The Labute approximate surface area is 573 Å². The van der Waals surface area contributed by atoms with E-state index in [0.717, 1.165) is 20.8 Å². The molecule has 25 N–H and O–H groups in total. The van der Waals surface area contributed by atoms with Crippen LogP contribution in [0.15, 0.2) is 0 Å². The molecule has 8 fully saturated rings. The zero-order chi connectivity index (χ0) is 74.9. The fraction of sp³-hybridized carbons (Fsp3) is 0.930. The summed E-state index contributed by atoms with van der Waals surface area (Å²) in [5.74, 6) is -8.13. The number of aliphatic hydroxyl groups is 21. The largest absolute Gasteiger partial charge is 0.477 e. The summed E-state index contributed by atoms with van der Waals surface area (Å²) in [5, 5.41) is 250. The van der Waals surface area contributed by atoms with Gasteiger partial charge in [-0.15, -0.1) is 0 Å². The Morgan fingerprint density at radius 3 is 1.37 bits per heavy atom. The van der Waals surface area contributed by atoms with Crippen LogP contribution in [0.4, 0.5) is 0 Å². The third kappa shape index (κ3) is 18.0. The predicted molar refractivity (Wildman–Crippen MR) is 312 cm³/mol. The summed E-state index contributed by atoms with van der Waals surface area (Å²) in [6.45, 7) is 0.850. The zero-order valence-electron chi connectivity index (χ0n) is 54.9. The van der Waals surface area contributed by atoms with Crippen LogP contribution in [0, 0.1) is 0 Å². The quantitative estimate of drug-likeness (QED) is 0.0404. The van der Waals surface area contributed by atoms with E-state index in [-0.39, 0.29) is 0 Å². The van der Waals surface area contributed by atoms with Crippen molar-refractivity contribution >= 4 is 23.7 Å². The van der Waals surface area contributed by atoms with Crippen molar-refractivity contribution in [2.75, 3.05) is 33.0 Å². The Bertz CT molecular complexity index is 2690. The van der Waals surface area contributed by atoms with E-state index < -0.39 is 314 Å². The summed E-state index contributed by atoms with van der Waals surface area (Å²) in [5.41, 5.74) is 0. The van der Waals surface area contributed by atoms with Gasteiger partial charge in [0.05, 0.1) is 57.5 Å². The molecule has 0 aromatic heterocycles. The van der Waals surface area contributed by atoms with Gasteiger partial charge in [-0.3, -0.25) is 14.4 Å². The van der Waals surface area contributed by atoms with E-state index in [1.807, 2.05) is 0 Å². The summed E-state index contributed by atoms with van der Waals surface area (Å²) < 4.78 is 88.2. The lowest BCUT2D eigenvalue weighted by molar-refractivity contribution is -0.400. The van der Waals surface area contributed by atoms with Gasteiger partial charge >= 0.3 is 5.97 Å². The van der Waals surface area contributed by atoms with Gasteiger partial charge in [-0.1, -0.05) is 0 Å². The van der Waals surface area contributed by atoms with Gasteiger partial charge in [-0.2, -0.15) is 0 Å². The van der Waals surface area contributed by atoms with Gasteiger partial charge in [0.15, 0.2) is 44.0 Å². The van der Waals surface area contributed by atoms with Gasteiger partial charge in [0.2, 0.25) is 17.7 Å². The minimum absolute atomic E-state index is 0.833. The van der Waals surface area contributed by atoms with Crippen LogP contribution < -0.4 is 16.0 Å². The van der Waals surface area contributed by atoms with Crippen molar-refractivity contribution in [3.63, 3.8) is 0 Å². The number of carboxylic acid groups (broad SMARTS) is 1. The number of rotatable bonds is 25. The van der Waals surface area contributed by atoms with E-state index in [9.17, 15) is 132 Å². The molecule has 8 rings (SSSR count). The van der Waals surface area contributed by atoms with Gasteiger partial charge in [0, 0.05) is 27.2 Å². The Kier molecular flexibility index (Phi) is 28.8. The zero-order valence-corrected chi connectivity index (χ0v) is 54.9. The predicted octanol–water partition coefficient (Wildman–Crippen LogP) is -15.7. The molecule has 0 saturated carbocycles. The molecule has 0 radical (unpaired) electrons. The van der Waals surface area contributed by atoms with Crippen LogP contribution in [-0.4, -0.2) is 420 Å². The number of hydrogen-bond acceptors (Lipinski definition) is 40. The molecule has 1 unspecified atom stereocenters. The standard InChI is InChI=1S/C57H95N3O41/c1-13-28(69)38(79)40(81)52(88-13)98-45-30(71)15(3)90-54(42(45)83)92-20-7-57(56(85)86,101-46(33(20)74)31(72)19(68)8-61)87-12-24-35(76)44(27(49(84)91-24)60-18(6)67)97-51-26(59-17(5)66)37(78)43(23(11-64)95-51)96-55-48(100-53-41(82)39(80)29(70)14(2)89-53)47(34(75)22(10-63)94-55)99-50-25(58-16(4)65)36(77)32(73)21(9-62)93-50/h13-15,19-55,61-64,68-84H,7-12H2,1-6H3,(H,58,65)(H,59,66)(H,60,67)(H,85,86)/t13-,14-,15-,19+,20-,21+,22+,23+,24+,25+,26+,27+,28+,29+,30+,31+,32-,33+,34-,35-,36+,37+,38+,39+,40-,41-,42-,43+,44+,45+,46-,47-,48+,49?,50-,51-,52-,53-,54-,55-,57+/m0/s1. The molecule has 8 saturated heterocycles. The van der Waals surface area contributed by atoms with Crippen LogP contribution >= 0.6 is 0 Å². The Hall–Kier alpha value is -3.56. The third-order valence-corrected chi connectivity index (χ3v) is 18.7. The third-order valence-electron chi connectivity index (χ3n) is 18.7. The normalized spacial score (nSPS) is 49.0. The van der Waals surface area contributed by atoms with Crippen LogP contribution in [0.3, 0.4) is 0 Å². The van der Waals surface area contributed by atoms with Gasteiger partial charge in [-0.05, 0) is 20.8 Å². The highest BCUT2D eigenvalue weighted by Gasteiger charge is 2.62. The number of aliphatic carboxylic acids is 1. The maximum atomic E-state index is 13.6. The minimum Gasteiger partial charge on any atom is -0.477 e. The fourth-order valence-corrected chi connectivity index (χ4v) is 13.0. The van der Waals surface area contributed by atoms with Crippen molar-refractivity contribution in [2.45, 2.75) is 299 Å². The maximum absolute atomic E-state index is 13.6. The van der Waals surface area contributed by atoms with Crippen LogP contribution in [0.1, 0.15) is 48.0 Å². The monoisotopic (exact) mass is 1480 g/mol. The molecule has 8 aliphatic rings. The summed E-state index contributed by atoms with van der Waals surface area (Å²) in [6.07, 6.45) is -74.8. The van der Waals surface area contributed by atoms with Gasteiger partial charge in [0.1, 0.15) is 177 Å². The molecule has 44 nitrogen and oxygen atoms in total. The van der Waals surface area contributed by atoms with E-state index in [1.54, 1.807) is 0 Å². The Morgan fingerprint density at radius 1 is 0.416 bits per heavy atom. The number of carbonyl (C=O) groups excluding carboxylic acids is 3. The molecule has 44 heteroatoms. The lowest BCUT2D eigenvalue weighted by Gasteiger charge is -2.52. The molecule has 3 amide bonds. The first-order valence-corrected chi connectivity index (χ1v) is 32.3. The summed E-state index contributed by atoms with van der Waals surface area (Å²) >= 11 is 0. The van der Waals surface area contributed by atoms with Crippen LogP contribution in [0.25, 0.3) is 0 Å². The Balaban J connectivity index is 1.07. The molecule has 0 aromatic rings. The molecule has 0 aromatic carbocycles. The van der Waals surface area contributed by atoms with E-state index in [4.69, 9.17) is 71.1 Å². The molecular weight excluding hydrogens is 1380 g/mol. The topological polar surface area (TPSA) is 688 Å². The minimum atomic E-state index is -3.26. The number of carbonyl (C=O) groups is 4. The van der Waals surface area contributed by atoms with Crippen molar-refractivity contribution in [1.29, 1.82) is 0 Å². The maximum Gasteiger partial charge on any atom is 0.364 e. The summed E-state index contributed by atoms with van der Waals surface area (Å²) in [6, 6.07) is -5.65. The lowest BCUT2D eigenvalue weighted by Crippen LogP contribution is -2.71. The number of carboxylic acids is 1. The molecule has 0 bridgehead atoms. The molecule has 0 aliphatic carbocycles. The van der Waals surface area contributed by atoms with Gasteiger partial charge < -0.3 is 199 Å². The van der Waals surface area contributed by atoms with Gasteiger partial charge in [0.25, 0.3) is 5.79 Å². The highest BCUT2D eigenvalue weighted by molar-refractivity contribution is 5.76. The van der Waals surface area contributed by atoms with E-state index in [2.05, 4.69) is 16.0 Å². The smallest absolute Gasteiger partial charge is 0.364 e. The highest BCUT2D eigenvalue weighted by Crippen LogP contribution is 2.41. The van der Waals surface area contributed by atoms with Crippen LogP contribution in [-0.2, 0) is 90.2 Å². The van der Waals surface area contributed by atoms with Crippen LogP contribution in [0.5, 0.6) is 0 Å². The summed E-state index contributed by atoms with van der Waals surface area (Å²) in [4.78, 5) is 52.0. The van der Waals surface area contributed by atoms with Gasteiger partial charge in [-0.25, -0.2) is 4.79 Å². The lowest BCUT2D eigenvalue weighted by atomic mass is 9.90. The van der Waals surface area contributed by atoms with Crippen molar-refractivity contribution < 1.29 is 203 Å².